The summed E-state index contributed by atoms with van der Waals surface area (Å²) in [6.45, 7) is 0. The smallest absolute Gasteiger partial charge is 0.322 e. The third-order valence-corrected chi connectivity index (χ3v) is 2.73. The number of halogens is 2. The Kier molecular flexibility index (Phi) is 4.75. The highest BCUT2D eigenvalue weighted by molar-refractivity contribution is 5.74. The van der Waals surface area contributed by atoms with Crippen LogP contribution in [0.4, 0.5) is 8.78 Å². The molecule has 1 aromatic rings. The summed E-state index contributed by atoms with van der Waals surface area (Å²) in [4.78, 5) is 12.7. The van der Waals surface area contributed by atoms with E-state index in [1.807, 2.05) is 0 Å². The van der Waals surface area contributed by atoms with Crippen LogP contribution in [0.25, 0.3) is 0 Å². The van der Waals surface area contributed by atoms with Gasteiger partial charge in [-0.25, -0.2) is 8.78 Å². The first-order valence-corrected chi connectivity index (χ1v) is 5.40. The van der Waals surface area contributed by atoms with Crippen molar-refractivity contribution >= 4 is 5.97 Å². The monoisotopic (exact) mass is 258 g/mol. The van der Waals surface area contributed by atoms with Crippen molar-refractivity contribution in [2.75, 3.05) is 21.1 Å². The van der Waals surface area contributed by atoms with E-state index in [9.17, 15) is 13.6 Å². The lowest BCUT2D eigenvalue weighted by Crippen LogP contribution is -2.45. The summed E-state index contributed by atoms with van der Waals surface area (Å²) in [5, 5.41) is 11.7. The molecule has 1 rings (SSSR count). The highest BCUT2D eigenvalue weighted by Gasteiger charge is 2.31. The maximum Gasteiger partial charge on any atom is 0.322 e. The topological polar surface area (TPSA) is 52.6 Å². The van der Waals surface area contributed by atoms with E-state index in [2.05, 4.69) is 5.32 Å². The Morgan fingerprint density at radius 3 is 2.39 bits per heavy atom. The first-order valence-electron chi connectivity index (χ1n) is 5.40. The second-order valence-electron chi connectivity index (χ2n) is 4.18. The van der Waals surface area contributed by atoms with E-state index in [0.29, 0.717) is 0 Å². The summed E-state index contributed by atoms with van der Waals surface area (Å²) < 4.78 is 26.6. The van der Waals surface area contributed by atoms with Crippen LogP contribution in [0.15, 0.2) is 18.2 Å². The Hall–Kier alpha value is -1.53. The Labute approximate surface area is 104 Å². The molecule has 0 radical (unpaired) electrons. The number of likely N-dealkylation sites (N-methyl/N-ethyl adjacent to an activating group) is 2. The quantitative estimate of drug-likeness (QED) is 0.834. The van der Waals surface area contributed by atoms with Crippen LogP contribution in [0.2, 0.25) is 0 Å². The van der Waals surface area contributed by atoms with Crippen LogP contribution in [-0.2, 0) is 4.79 Å². The van der Waals surface area contributed by atoms with Crippen LogP contribution in [0, 0.1) is 11.6 Å². The molecule has 100 valence electrons. The van der Waals surface area contributed by atoms with Gasteiger partial charge in [0.1, 0.15) is 17.7 Å². The molecule has 1 aromatic carbocycles. The number of hydrogen-bond donors (Lipinski definition) is 2. The highest BCUT2D eigenvalue weighted by Crippen LogP contribution is 2.25. The number of benzene rings is 1. The van der Waals surface area contributed by atoms with Crippen LogP contribution in [-0.4, -0.2) is 43.2 Å². The third kappa shape index (κ3) is 3.02. The number of nitrogens with one attached hydrogen (secondary N) is 1. The Balaban J connectivity index is 3.23. The zero-order chi connectivity index (χ0) is 13.9. The fourth-order valence-corrected chi connectivity index (χ4v) is 1.91. The van der Waals surface area contributed by atoms with Gasteiger partial charge in [0.2, 0.25) is 0 Å². The van der Waals surface area contributed by atoms with E-state index in [0.717, 1.165) is 12.1 Å². The van der Waals surface area contributed by atoms with E-state index in [1.165, 1.54) is 13.1 Å². The normalized spacial score (nSPS) is 14.6. The van der Waals surface area contributed by atoms with Gasteiger partial charge in [-0.2, -0.15) is 0 Å². The zero-order valence-corrected chi connectivity index (χ0v) is 10.4. The summed E-state index contributed by atoms with van der Waals surface area (Å²) in [5.41, 5.74) is 0.142. The van der Waals surface area contributed by atoms with Crippen molar-refractivity contribution in [1.82, 2.24) is 10.2 Å². The van der Waals surface area contributed by atoms with Crippen molar-refractivity contribution in [1.29, 1.82) is 0 Å². The molecule has 2 N–H and O–H groups in total. The predicted octanol–water partition coefficient (Wildman–Crippen LogP) is 1.24. The van der Waals surface area contributed by atoms with Crippen LogP contribution in [0.3, 0.4) is 0 Å². The van der Waals surface area contributed by atoms with Gasteiger partial charge in [0.15, 0.2) is 0 Å². The van der Waals surface area contributed by atoms with Crippen molar-refractivity contribution < 1.29 is 18.7 Å². The average Bonchev–Trinajstić information content (AvgIpc) is 2.26. The minimum absolute atomic E-state index is 0.142. The fraction of sp³-hybridized carbons (Fsp3) is 0.417. The first-order chi connectivity index (χ1) is 8.38. The molecule has 0 fully saturated rings. The summed E-state index contributed by atoms with van der Waals surface area (Å²) in [5.74, 6) is -2.54. The van der Waals surface area contributed by atoms with Gasteiger partial charge in [-0.15, -0.1) is 0 Å². The molecule has 2 atom stereocenters. The molecule has 0 saturated carbocycles. The van der Waals surface area contributed by atoms with Crippen molar-refractivity contribution in [3.63, 3.8) is 0 Å². The van der Waals surface area contributed by atoms with E-state index < -0.39 is 29.7 Å². The molecule has 0 spiro atoms. The van der Waals surface area contributed by atoms with E-state index in [4.69, 9.17) is 5.11 Å². The lowest BCUT2D eigenvalue weighted by molar-refractivity contribution is -0.141. The van der Waals surface area contributed by atoms with Crippen molar-refractivity contribution in [3.8, 4) is 0 Å². The molecule has 0 saturated heterocycles. The highest BCUT2D eigenvalue weighted by atomic mass is 19.1. The number of hydrogen-bond acceptors (Lipinski definition) is 3. The number of aliphatic carboxylic acids is 1. The van der Waals surface area contributed by atoms with Gasteiger partial charge in [0.25, 0.3) is 0 Å². The largest absolute Gasteiger partial charge is 0.480 e. The summed E-state index contributed by atoms with van der Waals surface area (Å²) >= 11 is 0. The second kappa shape index (κ2) is 5.88. The molecular formula is C12H16F2N2O2. The molecule has 0 aliphatic heterocycles. The van der Waals surface area contributed by atoms with E-state index >= 15 is 0 Å². The Bertz CT molecular complexity index is 438. The maximum atomic E-state index is 13.7. The van der Waals surface area contributed by atoms with Crippen LogP contribution in [0.1, 0.15) is 11.6 Å². The lowest BCUT2D eigenvalue weighted by atomic mass is 9.97. The minimum atomic E-state index is -1.10. The first kappa shape index (κ1) is 14.5. The number of nitrogens with zero attached hydrogens (tertiary/aromatic N) is 1. The zero-order valence-electron chi connectivity index (χ0n) is 10.4. The fourth-order valence-electron chi connectivity index (χ4n) is 1.91. The number of rotatable bonds is 5. The predicted molar refractivity (Wildman–Crippen MR) is 63.3 cm³/mol. The molecule has 0 bridgehead atoms. The molecular weight excluding hydrogens is 242 g/mol. The molecule has 2 unspecified atom stereocenters. The lowest BCUT2D eigenvalue weighted by Gasteiger charge is -2.30. The van der Waals surface area contributed by atoms with Gasteiger partial charge in [0.05, 0.1) is 6.04 Å². The number of carboxylic acids is 1. The minimum Gasteiger partial charge on any atom is -0.480 e. The molecule has 0 aliphatic carbocycles. The van der Waals surface area contributed by atoms with Gasteiger partial charge in [-0.05, 0) is 27.2 Å². The second-order valence-corrected chi connectivity index (χ2v) is 4.18. The average molecular weight is 258 g/mol. The number of carboxylic acid groups (broad SMARTS) is 1. The summed E-state index contributed by atoms with van der Waals surface area (Å²) in [6.07, 6.45) is 0. The van der Waals surface area contributed by atoms with Gasteiger partial charge in [-0.1, -0.05) is 6.07 Å². The summed E-state index contributed by atoms with van der Waals surface area (Å²) in [7, 11) is 4.76. The molecule has 0 heterocycles. The third-order valence-electron chi connectivity index (χ3n) is 2.73. The molecule has 0 amide bonds. The standard InChI is InChI=1S/C12H16F2N2O2/c1-15-10(12(17)18)11(16(2)3)8-5-4-7(13)6-9(8)14/h4-6,10-11,15H,1-3H3,(H,17,18). The summed E-state index contributed by atoms with van der Waals surface area (Å²) in [6, 6.07) is 1.42. The molecule has 6 heteroatoms. The van der Waals surface area contributed by atoms with Gasteiger partial charge in [0, 0.05) is 11.6 Å². The van der Waals surface area contributed by atoms with Crippen molar-refractivity contribution in [2.24, 2.45) is 0 Å². The molecule has 4 nitrogen and oxygen atoms in total. The number of carbonyl (C=O) groups is 1. The Morgan fingerprint density at radius 2 is 2.00 bits per heavy atom. The van der Waals surface area contributed by atoms with Crippen molar-refractivity contribution in [3.05, 3.63) is 35.4 Å². The van der Waals surface area contributed by atoms with E-state index in [-0.39, 0.29) is 5.56 Å². The van der Waals surface area contributed by atoms with E-state index in [1.54, 1.807) is 19.0 Å². The van der Waals surface area contributed by atoms with Crippen LogP contribution < -0.4 is 5.32 Å². The molecule has 0 aromatic heterocycles. The molecule has 18 heavy (non-hydrogen) atoms. The van der Waals surface area contributed by atoms with Gasteiger partial charge >= 0.3 is 5.97 Å². The van der Waals surface area contributed by atoms with Crippen molar-refractivity contribution in [2.45, 2.75) is 12.1 Å². The maximum absolute atomic E-state index is 13.7. The molecule has 0 aliphatic rings. The van der Waals surface area contributed by atoms with Gasteiger partial charge < -0.3 is 15.3 Å². The van der Waals surface area contributed by atoms with Crippen LogP contribution in [0.5, 0.6) is 0 Å². The SMILES string of the molecule is CNC(C(=O)O)C(c1ccc(F)cc1F)N(C)C. The Morgan fingerprint density at radius 1 is 1.39 bits per heavy atom. The van der Waals surface area contributed by atoms with Gasteiger partial charge in [-0.3, -0.25) is 4.79 Å². The van der Waals surface area contributed by atoms with Crippen LogP contribution >= 0.6 is 0 Å².